The third-order valence-electron chi connectivity index (χ3n) is 4.43. The number of oxazole rings is 1. The molecule has 1 aromatic carbocycles. The number of carbonyl (C=O) groups is 1. The molecule has 1 amide bonds. The van der Waals surface area contributed by atoms with Gasteiger partial charge in [0.2, 0.25) is 11.8 Å². The van der Waals surface area contributed by atoms with Crippen LogP contribution in [-0.4, -0.2) is 53.4 Å². The molecule has 2 aromatic rings. The van der Waals surface area contributed by atoms with E-state index in [-0.39, 0.29) is 11.8 Å². The van der Waals surface area contributed by atoms with Crippen LogP contribution in [0, 0.1) is 5.92 Å². The van der Waals surface area contributed by atoms with Gasteiger partial charge in [0.15, 0.2) is 5.76 Å². The van der Waals surface area contributed by atoms with Crippen LogP contribution in [0.2, 0.25) is 0 Å². The molecule has 1 aliphatic rings. The maximum atomic E-state index is 12.2. The normalized spacial score (nSPS) is 17.0. The summed E-state index contributed by atoms with van der Waals surface area (Å²) in [5.74, 6) is 1.55. The number of hydrogen-bond donors (Lipinski definition) is 1. The van der Waals surface area contributed by atoms with E-state index in [4.69, 9.17) is 10.2 Å². The molecule has 6 heteroatoms. The number of rotatable bonds is 5. The van der Waals surface area contributed by atoms with Gasteiger partial charge in [-0.25, -0.2) is 4.98 Å². The SMILES string of the molecule is CC(CN)C(=O)N1CCN(Cc2ncc(-c3ccccc3)o2)CC1. The van der Waals surface area contributed by atoms with Crippen molar-refractivity contribution in [2.75, 3.05) is 32.7 Å². The average Bonchev–Trinajstić information content (AvgIpc) is 3.10. The van der Waals surface area contributed by atoms with Crippen molar-refractivity contribution in [3.63, 3.8) is 0 Å². The van der Waals surface area contributed by atoms with E-state index in [1.807, 2.05) is 42.2 Å². The fraction of sp³-hybridized carbons (Fsp3) is 0.444. The topological polar surface area (TPSA) is 75.6 Å². The first-order chi connectivity index (χ1) is 11.7. The van der Waals surface area contributed by atoms with Gasteiger partial charge in [-0.3, -0.25) is 9.69 Å². The second-order valence-electron chi connectivity index (χ2n) is 6.22. The Kier molecular flexibility index (Phi) is 5.27. The number of carbonyl (C=O) groups excluding carboxylic acids is 1. The molecule has 1 unspecified atom stereocenters. The van der Waals surface area contributed by atoms with Gasteiger partial charge in [-0.2, -0.15) is 0 Å². The Bertz CT molecular complexity index is 663. The van der Waals surface area contributed by atoms with Crippen molar-refractivity contribution in [3.8, 4) is 11.3 Å². The molecular weight excluding hydrogens is 304 g/mol. The molecule has 1 aromatic heterocycles. The van der Waals surface area contributed by atoms with Crippen LogP contribution in [0.5, 0.6) is 0 Å². The predicted octanol–water partition coefficient (Wildman–Crippen LogP) is 1.58. The second-order valence-corrected chi connectivity index (χ2v) is 6.22. The van der Waals surface area contributed by atoms with Crippen molar-refractivity contribution >= 4 is 5.91 Å². The number of hydrogen-bond acceptors (Lipinski definition) is 5. The molecule has 128 valence electrons. The molecule has 1 fully saturated rings. The van der Waals surface area contributed by atoms with Crippen molar-refractivity contribution in [2.45, 2.75) is 13.5 Å². The highest BCUT2D eigenvalue weighted by atomic mass is 16.4. The van der Waals surface area contributed by atoms with Gasteiger partial charge in [0.05, 0.1) is 12.7 Å². The van der Waals surface area contributed by atoms with E-state index in [1.54, 1.807) is 6.20 Å². The Morgan fingerprint density at radius 2 is 1.96 bits per heavy atom. The van der Waals surface area contributed by atoms with Crippen molar-refractivity contribution in [3.05, 3.63) is 42.4 Å². The summed E-state index contributed by atoms with van der Waals surface area (Å²) in [6, 6.07) is 9.96. The highest BCUT2D eigenvalue weighted by molar-refractivity contribution is 5.78. The molecule has 0 spiro atoms. The minimum absolute atomic E-state index is 0.100. The maximum absolute atomic E-state index is 12.2. The highest BCUT2D eigenvalue weighted by Crippen LogP contribution is 2.20. The zero-order chi connectivity index (χ0) is 16.9. The zero-order valence-electron chi connectivity index (χ0n) is 14.0. The molecule has 1 saturated heterocycles. The summed E-state index contributed by atoms with van der Waals surface area (Å²) in [5.41, 5.74) is 6.61. The monoisotopic (exact) mass is 328 g/mol. The molecule has 1 atom stereocenters. The Balaban J connectivity index is 1.54. The summed E-state index contributed by atoms with van der Waals surface area (Å²) >= 11 is 0. The first-order valence-electron chi connectivity index (χ1n) is 8.38. The van der Waals surface area contributed by atoms with Crippen LogP contribution >= 0.6 is 0 Å². The van der Waals surface area contributed by atoms with E-state index >= 15 is 0 Å². The van der Waals surface area contributed by atoms with E-state index in [2.05, 4.69) is 9.88 Å². The third kappa shape index (κ3) is 3.83. The summed E-state index contributed by atoms with van der Waals surface area (Å²) in [6.07, 6.45) is 1.77. The summed E-state index contributed by atoms with van der Waals surface area (Å²) in [5, 5.41) is 0. The van der Waals surface area contributed by atoms with E-state index in [0.717, 1.165) is 37.5 Å². The largest absolute Gasteiger partial charge is 0.439 e. The van der Waals surface area contributed by atoms with Gasteiger partial charge >= 0.3 is 0 Å². The van der Waals surface area contributed by atoms with Gasteiger partial charge in [-0.05, 0) is 0 Å². The van der Waals surface area contributed by atoms with Crippen LogP contribution in [0.25, 0.3) is 11.3 Å². The first kappa shape index (κ1) is 16.7. The van der Waals surface area contributed by atoms with Crippen LogP contribution in [-0.2, 0) is 11.3 Å². The molecule has 2 N–H and O–H groups in total. The standard InChI is InChI=1S/C18H24N4O2/c1-14(11-19)18(23)22-9-7-21(8-10-22)13-17-20-12-16(24-17)15-5-3-2-4-6-15/h2-6,12,14H,7-11,13,19H2,1H3. The summed E-state index contributed by atoms with van der Waals surface area (Å²) < 4.78 is 5.85. The Hall–Kier alpha value is -2.18. The van der Waals surface area contributed by atoms with Crippen LogP contribution < -0.4 is 5.73 Å². The van der Waals surface area contributed by atoms with Gasteiger partial charge in [0, 0.05) is 44.2 Å². The van der Waals surface area contributed by atoms with Crippen molar-refractivity contribution < 1.29 is 9.21 Å². The molecule has 1 aliphatic heterocycles. The van der Waals surface area contributed by atoms with Crippen LogP contribution in [0.1, 0.15) is 12.8 Å². The minimum Gasteiger partial charge on any atom is -0.439 e. The lowest BCUT2D eigenvalue weighted by Crippen LogP contribution is -2.50. The van der Waals surface area contributed by atoms with Crippen LogP contribution in [0.15, 0.2) is 40.9 Å². The number of nitrogens with zero attached hydrogens (tertiary/aromatic N) is 3. The highest BCUT2D eigenvalue weighted by Gasteiger charge is 2.24. The zero-order valence-corrected chi connectivity index (χ0v) is 14.0. The number of benzene rings is 1. The quantitative estimate of drug-likeness (QED) is 0.902. The molecule has 6 nitrogen and oxygen atoms in total. The number of nitrogens with two attached hydrogens (primary N) is 1. The van der Waals surface area contributed by atoms with E-state index in [0.29, 0.717) is 19.0 Å². The van der Waals surface area contributed by atoms with Gasteiger partial charge < -0.3 is 15.1 Å². The van der Waals surface area contributed by atoms with Crippen LogP contribution in [0.3, 0.4) is 0 Å². The molecule has 3 rings (SSSR count). The number of aromatic nitrogens is 1. The minimum atomic E-state index is -0.100. The molecular formula is C18H24N4O2. The molecule has 0 aliphatic carbocycles. The fourth-order valence-electron chi connectivity index (χ4n) is 2.85. The molecule has 0 bridgehead atoms. The Morgan fingerprint density at radius 3 is 2.62 bits per heavy atom. The molecule has 2 heterocycles. The van der Waals surface area contributed by atoms with Gasteiger partial charge in [-0.15, -0.1) is 0 Å². The lowest BCUT2D eigenvalue weighted by Gasteiger charge is -2.35. The van der Waals surface area contributed by atoms with E-state index < -0.39 is 0 Å². The van der Waals surface area contributed by atoms with Crippen molar-refractivity contribution in [1.29, 1.82) is 0 Å². The lowest BCUT2D eigenvalue weighted by molar-refractivity contribution is -0.136. The average molecular weight is 328 g/mol. The van der Waals surface area contributed by atoms with E-state index in [1.165, 1.54) is 0 Å². The van der Waals surface area contributed by atoms with Gasteiger partial charge in [-0.1, -0.05) is 37.3 Å². The summed E-state index contributed by atoms with van der Waals surface area (Å²) in [6.45, 7) is 6.06. The first-order valence-corrected chi connectivity index (χ1v) is 8.38. The molecule has 0 radical (unpaired) electrons. The van der Waals surface area contributed by atoms with E-state index in [9.17, 15) is 4.79 Å². The maximum Gasteiger partial charge on any atom is 0.226 e. The Morgan fingerprint density at radius 1 is 1.25 bits per heavy atom. The van der Waals surface area contributed by atoms with Gasteiger partial charge in [0.25, 0.3) is 0 Å². The van der Waals surface area contributed by atoms with Crippen LogP contribution in [0.4, 0.5) is 0 Å². The molecule has 0 saturated carbocycles. The summed E-state index contributed by atoms with van der Waals surface area (Å²) in [4.78, 5) is 20.7. The molecule has 24 heavy (non-hydrogen) atoms. The van der Waals surface area contributed by atoms with Crippen molar-refractivity contribution in [1.82, 2.24) is 14.8 Å². The summed E-state index contributed by atoms with van der Waals surface area (Å²) in [7, 11) is 0. The van der Waals surface area contributed by atoms with Crippen molar-refractivity contribution in [2.24, 2.45) is 11.7 Å². The number of piperazine rings is 1. The smallest absolute Gasteiger partial charge is 0.226 e. The fourth-order valence-corrected chi connectivity index (χ4v) is 2.85. The lowest BCUT2D eigenvalue weighted by atomic mass is 10.1. The number of amides is 1. The third-order valence-corrected chi connectivity index (χ3v) is 4.43. The Labute approximate surface area is 142 Å². The second kappa shape index (κ2) is 7.59. The van der Waals surface area contributed by atoms with Gasteiger partial charge in [0.1, 0.15) is 0 Å². The predicted molar refractivity (Wildman–Crippen MR) is 92.0 cm³/mol.